The second kappa shape index (κ2) is 64.2. The lowest BCUT2D eigenvalue weighted by Crippen LogP contribution is -2.30. The molecule has 0 amide bonds. The quantitative estimate of drug-likeness (QED) is 0.0261. The molecule has 1 unspecified atom stereocenters. The van der Waals surface area contributed by atoms with Gasteiger partial charge in [-0.1, -0.05) is 308 Å². The smallest absolute Gasteiger partial charge is 0.306 e. The molecule has 0 aromatic rings. The molecule has 1 atom stereocenters. The van der Waals surface area contributed by atoms with Crippen LogP contribution in [0.1, 0.15) is 367 Å². The van der Waals surface area contributed by atoms with Crippen LogP contribution >= 0.6 is 0 Å². The summed E-state index contributed by atoms with van der Waals surface area (Å²) in [7, 11) is 0. The van der Waals surface area contributed by atoms with Crippen LogP contribution in [0.25, 0.3) is 0 Å². The molecule has 0 aliphatic heterocycles. The third kappa shape index (κ3) is 62.4. The standard InChI is InChI=1S/C69H128O6/c1-4-7-10-13-16-19-22-25-28-30-32-33-34-35-37-38-41-44-47-50-53-56-59-62-68(71)74-65-66(64-73-67(70)61-58-55-52-49-46-43-40-27-24-21-18-15-12-9-6-3)75-69(72)63-60-57-54-51-48-45-42-39-36-31-29-26-23-20-17-14-11-8-5-2/h22,25-26,29-30,32,66H,4-21,23-24,27-28,31,33-65H2,1-3H3/b25-22-,29-26-,32-30-. The van der Waals surface area contributed by atoms with Gasteiger partial charge >= 0.3 is 17.9 Å². The lowest BCUT2D eigenvalue weighted by atomic mass is 10.0. The highest BCUT2D eigenvalue weighted by molar-refractivity contribution is 5.71. The normalized spacial score (nSPS) is 12.2. The van der Waals surface area contributed by atoms with Crippen LogP contribution in [-0.2, 0) is 28.6 Å². The molecule has 0 heterocycles. The van der Waals surface area contributed by atoms with Gasteiger partial charge in [-0.25, -0.2) is 0 Å². The molecule has 6 heteroatoms. The molecule has 0 N–H and O–H groups in total. The monoisotopic (exact) mass is 1050 g/mol. The van der Waals surface area contributed by atoms with Crippen molar-refractivity contribution >= 4 is 17.9 Å². The van der Waals surface area contributed by atoms with Gasteiger partial charge in [0.1, 0.15) is 13.2 Å². The van der Waals surface area contributed by atoms with Gasteiger partial charge in [-0.05, 0) is 77.0 Å². The number of carbonyl (C=O) groups excluding carboxylic acids is 3. The van der Waals surface area contributed by atoms with Gasteiger partial charge in [0, 0.05) is 19.3 Å². The first-order valence-corrected chi connectivity index (χ1v) is 33.5. The zero-order valence-electron chi connectivity index (χ0n) is 50.6. The zero-order valence-corrected chi connectivity index (χ0v) is 50.6. The zero-order chi connectivity index (χ0) is 54.3. The summed E-state index contributed by atoms with van der Waals surface area (Å²) in [6.07, 6.45) is 78.6. The molecule has 6 nitrogen and oxygen atoms in total. The van der Waals surface area contributed by atoms with Crippen molar-refractivity contribution in [3.63, 3.8) is 0 Å². The molecule has 0 rings (SSSR count). The summed E-state index contributed by atoms with van der Waals surface area (Å²) in [6, 6.07) is 0. The van der Waals surface area contributed by atoms with E-state index in [0.29, 0.717) is 19.3 Å². The number of hydrogen-bond donors (Lipinski definition) is 0. The second-order valence-electron chi connectivity index (χ2n) is 22.7. The Kier molecular flexibility index (Phi) is 62.1. The molecule has 0 spiro atoms. The van der Waals surface area contributed by atoms with Gasteiger partial charge in [0.25, 0.3) is 0 Å². The Morgan fingerprint density at radius 1 is 0.267 bits per heavy atom. The van der Waals surface area contributed by atoms with Crippen molar-refractivity contribution in [2.45, 2.75) is 374 Å². The molecular formula is C69H128O6. The summed E-state index contributed by atoms with van der Waals surface area (Å²) in [5.74, 6) is -0.846. The van der Waals surface area contributed by atoms with E-state index in [1.807, 2.05) is 0 Å². The van der Waals surface area contributed by atoms with Gasteiger partial charge in [-0.3, -0.25) is 14.4 Å². The van der Waals surface area contributed by atoms with E-state index in [1.54, 1.807) is 0 Å². The van der Waals surface area contributed by atoms with Crippen molar-refractivity contribution in [3.8, 4) is 0 Å². The van der Waals surface area contributed by atoms with Crippen molar-refractivity contribution in [2.24, 2.45) is 0 Å². The van der Waals surface area contributed by atoms with Gasteiger partial charge in [0.2, 0.25) is 0 Å². The number of ether oxygens (including phenoxy) is 3. The van der Waals surface area contributed by atoms with E-state index in [4.69, 9.17) is 14.2 Å². The van der Waals surface area contributed by atoms with Gasteiger partial charge in [0.05, 0.1) is 0 Å². The lowest BCUT2D eigenvalue weighted by Gasteiger charge is -2.18. The summed E-state index contributed by atoms with van der Waals surface area (Å²) < 4.78 is 17.0. The van der Waals surface area contributed by atoms with Gasteiger partial charge < -0.3 is 14.2 Å². The molecule has 0 fully saturated rings. The van der Waals surface area contributed by atoms with Gasteiger partial charge in [-0.2, -0.15) is 0 Å². The van der Waals surface area contributed by atoms with E-state index in [1.165, 1.54) is 263 Å². The summed E-state index contributed by atoms with van der Waals surface area (Å²) in [5, 5.41) is 0. The summed E-state index contributed by atoms with van der Waals surface area (Å²) in [5.41, 5.74) is 0. The van der Waals surface area contributed by atoms with Crippen molar-refractivity contribution < 1.29 is 28.6 Å². The van der Waals surface area contributed by atoms with E-state index in [-0.39, 0.29) is 31.1 Å². The van der Waals surface area contributed by atoms with Crippen LogP contribution < -0.4 is 0 Å². The van der Waals surface area contributed by atoms with Crippen LogP contribution in [0.5, 0.6) is 0 Å². The fraction of sp³-hybridized carbons (Fsp3) is 0.870. The summed E-state index contributed by atoms with van der Waals surface area (Å²) in [6.45, 7) is 6.69. The van der Waals surface area contributed by atoms with Crippen molar-refractivity contribution in [1.82, 2.24) is 0 Å². The first-order chi connectivity index (χ1) is 37.0. The summed E-state index contributed by atoms with van der Waals surface area (Å²) in [4.78, 5) is 38.4. The number of rotatable bonds is 62. The second-order valence-corrected chi connectivity index (χ2v) is 22.7. The molecule has 0 aliphatic carbocycles. The number of allylic oxidation sites excluding steroid dienone is 6. The fourth-order valence-corrected chi connectivity index (χ4v) is 10.1. The molecule has 440 valence electrons. The van der Waals surface area contributed by atoms with E-state index in [0.717, 1.165) is 64.2 Å². The Bertz CT molecular complexity index is 1250. The Morgan fingerprint density at radius 3 is 0.747 bits per heavy atom. The minimum absolute atomic E-state index is 0.0686. The van der Waals surface area contributed by atoms with E-state index < -0.39 is 6.10 Å². The van der Waals surface area contributed by atoms with Crippen LogP contribution in [0.15, 0.2) is 36.5 Å². The molecule has 0 aliphatic rings. The number of esters is 3. The van der Waals surface area contributed by atoms with Gasteiger partial charge in [0.15, 0.2) is 6.10 Å². The average molecular weight is 1050 g/mol. The maximum atomic E-state index is 12.9. The number of hydrogen-bond acceptors (Lipinski definition) is 6. The van der Waals surface area contributed by atoms with E-state index in [9.17, 15) is 14.4 Å². The van der Waals surface area contributed by atoms with Gasteiger partial charge in [-0.15, -0.1) is 0 Å². The van der Waals surface area contributed by atoms with Crippen molar-refractivity contribution in [2.75, 3.05) is 13.2 Å². The molecular weight excluding hydrogens is 925 g/mol. The number of carbonyl (C=O) groups is 3. The fourth-order valence-electron chi connectivity index (χ4n) is 10.1. The Balaban J connectivity index is 4.30. The third-order valence-corrected chi connectivity index (χ3v) is 15.1. The first kappa shape index (κ1) is 72.6. The van der Waals surface area contributed by atoms with E-state index >= 15 is 0 Å². The molecule has 75 heavy (non-hydrogen) atoms. The van der Waals surface area contributed by atoms with Crippen molar-refractivity contribution in [3.05, 3.63) is 36.5 Å². The highest BCUT2D eigenvalue weighted by atomic mass is 16.6. The maximum Gasteiger partial charge on any atom is 0.306 e. The predicted molar refractivity (Wildman–Crippen MR) is 326 cm³/mol. The Labute approximate surface area is 467 Å². The topological polar surface area (TPSA) is 78.9 Å². The van der Waals surface area contributed by atoms with Crippen LogP contribution in [0.2, 0.25) is 0 Å². The molecule has 0 saturated heterocycles. The molecule has 0 radical (unpaired) electrons. The average Bonchev–Trinajstić information content (AvgIpc) is 3.41. The minimum Gasteiger partial charge on any atom is -0.462 e. The van der Waals surface area contributed by atoms with E-state index in [2.05, 4.69) is 57.2 Å². The predicted octanol–water partition coefficient (Wildman–Crippen LogP) is 22.8. The van der Waals surface area contributed by atoms with Crippen LogP contribution in [0, 0.1) is 0 Å². The Hall–Kier alpha value is -2.37. The lowest BCUT2D eigenvalue weighted by molar-refractivity contribution is -0.167. The van der Waals surface area contributed by atoms with Crippen LogP contribution in [0.3, 0.4) is 0 Å². The largest absolute Gasteiger partial charge is 0.462 e. The first-order valence-electron chi connectivity index (χ1n) is 33.5. The Morgan fingerprint density at radius 2 is 0.480 bits per heavy atom. The minimum atomic E-state index is -0.772. The van der Waals surface area contributed by atoms with Crippen molar-refractivity contribution in [1.29, 1.82) is 0 Å². The molecule has 0 aromatic carbocycles. The number of unbranched alkanes of at least 4 members (excludes halogenated alkanes) is 45. The molecule has 0 aromatic heterocycles. The van der Waals surface area contributed by atoms with Crippen LogP contribution in [-0.4, -0.2) is 37.2 Å². The SMILES string of the molecule is CCCCCCC/C=C\C/C=C\CCCCCCCCCCCCCC(=O)OCC(COC(=O)CCCCCCCCCCCCCCCCC)OC(=O)CCCCCCCCCCC/C=C\CCCCCCCC. The van der Waals surface area contributed by atoms with Crippen LogP contribution in [0.4, 0.5) is 0 Å². The highest BCUT2D eigenvalue weighted by Gasteiger charge is 2.19. The summed E-state index contributed by atoms with van der Waals surface area (Å²) >= 11 is 0. The third-order valence-electron chi connectivity index (χ3n) is 15.1. The molecule has 0 saturated carbocycles. The highest BCUT2D eigenvalue weighted by Crippen LogP contribution is 2.18. The maximum absolute atomic E-state index is 12.9. The molecule has 0 bridgehead atoms.